The maximum atomic E-state index is 11.9. The number of rotatable bonds is 5. The van der Waals surface area contributed by atoms with Gasteiger partial charge in [0.15, 0.2) is 5.69 Å². The molecule has 0 aliphatic heterocycles. The molecule has 0 atom stereocenters. The average Bonchev–Trinajstić information content (AvgIpc) is 3.18. The van der Waals surface area contributed by atoms with Crippen molar-refractivity contribution in [2.24, 2.45) is 0 Å². The highest BCUT2D eigenvalue weighted by atomic mass is 16.5. The molecule has 0 spiro atoms. The van der Waals surface area contributed by atoms with Crippen LogP contribution in [0.15, 0.2) is 53.4 Å². The van der Waals surface area contributed by atoms with E-state index in [0.29, 0.717) is 17.1 Å². The van der Waals surface area contributed by atoms with Crippen molar-refractivity contribution in [1.82, 2.24) is 14.9 Å². The Balaban J connectivity index is 1.74. The van der Waals surface area contributed by atoms with Crippen LogP contribution in [-0.4, -0.2) is 31.9 Å². The molecule has 1 aromatic carbocycles. The zero-order valence-corrected chi connectivity index (χ0v) is 11.8. The average molecular weight is 312 g/mol. The Hall–Kier alpha value is -3.42. The van der Waals surface area contributed by atoms with E-state index in [1.54, 1.807) is 36.5 Å². The van der Waals surface area contributed by atoms with Crippen LogP contribution >= 0.6 is 0 Å². The Morgan fingerprint density at radius 1 is 1.26 bits per heavy atom. The zero-order chi connectivity index (χ0) is 16.2. The molecule has 3 rings (SSSR count). The van der Waals surface area contributed by atoms with E-state index in [1.165, 1.54) is 17.0 Å². The number of carboxylic acids is 1. The summed E-state index contributed by atoms with van der Waals surface area (Å²) in [6.07, 6.45) is 3.05. The van der Waals surface area contributed by atoms with E-state index in [4.69, 9.17) is 5.11 Å². The first-order valence-corrected chi connectivity index (χ1v) is 6.70. The lowest BCUT2D eigenvalue weighted by Crippen LogP contribution is -2.14. The molecule has 0 radical (unpaired) electrons. The summed E-state index contributed by atoms with van der Waals surface area (Å²) >= 11 is 0. The monoisotopic (exact) mass is 312 g/mol. The number of amides is 1. The third-order valence-electron chi connectivity index (χ3n) is 3.04. The van der Waals surface area contributed by atoms with Gasteiger partial charge < -0.3 is 14.9 Å². The summed E-state index contributed by atoms with van der Waals surface area (Å²) < 4.78 is 6.10. The summed E-state index contributed by atoms with van der Waals surface area (Å²) in [6.45, 7) is 0. The molecule has 3 aromatic rings. The number of carbonyl (C=O) groups is 2. The minimum atomic E-state index is -1.10. The van der Waals surface area contributed by atoms with E-state index in [9.17, 15) is 9.59 Å². The van der Waals surface area contributed by atoms with E-state index in [2.05, 4.69) is 20.1 Å². The number of nitrogens with zero attached hydrogens (tertiary/aromatic N) is 3. The van der Waals surface area contributed by atoms with Crippen molar-refractivity contribution in [3.63, 3.8) is 0 Å². The molecule has 0 unspecified atom stereocenters. The normalized spacial score (nSPS) is 10.4. The molecule has 8 nitrogen and oxygen atoms in total. The van der Waals surface area contributed by atoms with Crippen LogP contribution in [0.4, 0.5) is 5.69 Å². The van der Waals surface area contributed by atoms with Crippen molar-refractivity contribution in [3.05, 3.63) is 60.2 Å². The fourth-order valence-electron chi connectivity index (χ4n) is 2.01. The van der Waals surface area contributed by atoms with Crippen LogP contribution < -0.4 is 5.32 Å². The van der Waals surface area contributed by atoms with Crippen LogP contribution in [-0.2, 0) is 11.2 Å². The first-order chi connectivity index (χ1) is 11.1. The fraction of sp³-hybridized carbons (Fsp3) is 0.0667. The van der Waals surface area contributed by atoms with Gasteiger partial charge in [0.05, 0.1) is 17.8 Å². The maximum absolute atomic E-state index is 11.9. The van der Waals surface area contributed by atoms with Gasteiger partial charge in [-0.3, -0.25) is 4.79 Å². The van der Waals surface area contributed by atoms with Gasteiger partial charge in [-0.15, -0.1) is 0 Å². The highest BCUT2D eigenvalue weighted by Gasteiger charge is 2.09. The minimum Gasteiger partial charge on any atom is -0.476 e. The standard InChI is InChI=1S/C15H12N4O4/c20-14(9-11-5-7-23-18-11)16-10-2-1-3-12(8-10)19-6-4-13(17-19)15(21)22/h1-8H,9H2,(H,16,20)(H,21,22). The summed E-state index contributed by atoms with van der Waals surface area (Å²) in [4.78, 5) is 22.8. The molecule has 2 N–H and O–H groups in total. The van der Waals surface area contributed by atoms with Crippen LogP contribution in [0.1, 0.15) is 16.2 Å². The largest absolute Gasteiger partial charge is 0.476 e. The third-order valence-corrected chi connectivity index (χ3v) is 3.04. The molecule has 8 heteroatoms. The van der Waals surface area contributed by atoms with Gasteiger partial charge in [0.1, 0.15) is 6.26 Å². The van der Waals surface area contributed by atoms with E-state index in [-0.39, 0.29) is 18.0 Å². The smallest absolute Gasteiger partial charge is 0.356 e. The number of aromatic carboxylic acids is 1. The molecule has 0 aliphatic carbocycles. The number of hydrogen-bond acceptors (Lipinski definition) is 5. The second-order valence-electron chi connectivity index (χ2n) is 4.72. The Bertz CT molecular complexity index is 839. The predicted octanol–water partition coefficient (Wildman–Crippen LogP) is 1.74. The molecule has 0 saturated heterocycles. The highest BCUT2D eigenvalue weighted by Crippen LogP contribution is 2.15. The molecule has 0 saturated carbocycles. The molecule has 2 aromatic heterocycles. The number of carbonyl (C=O) groups excluding carboxylic acids is 1. The number of anilines is 1. The van der Waals surface area contributed by atoms with Crippen molar-refractivity contribution < 1.29 is 19.2 Å². The van der Waals surface area contributed by atoms with Gasteiger partial charge in [-0.05, 0) is 24.3 Å². The molecule has 0 aliphatic rings. The second kappa shape index (κ2) is 6.14. The van der Waals surface area contributed by atoms with E-state index < -0.39 is 5.97 Å². The van der Waals surface area contributed by atoms with Gasteiger partial charge >= 0.3 is 5.97 Å². The predicted molar refractivity (Wildman–Crippen MR) is 79.4 cm³/mol. The van der Waals surface area contributed by atoms with Crippen LogP contribution in [0.3, 0.4) is 0 Å². The summed E-state index contributed by atoms with van der Waals surface area (Å²) in [5.74, 6) is -1.33. The quantitative estimate of drug-likeness (QED) is 0.742. The van der Waals surface area contributed by atoms with Crippen molar-refractivity contribution in [2.45, 2.75) is 6.42 Å². The zero-order valence-electron chi connectivity index (χ0n) is 11.8. The Morgan fingerprint density at radius 3 is 2.83 bits per heavy atom. The molecule has 23 heavy (non-hydrogen) atoms. The van der Waals surface area contributed by atoms with Gasteiger partial charge in [-0.25, -0.2) is 9.48 Å². The lowest BCUT2D eigenvalue weighted by molar-refractivity contribution is -0.115. The van der Waals surface area contributed by atoms with Crippen LogP contribution in [0.2, 0.25) is 0 Å². The molecule has 2 heterocycles. The van der Waals surface area contributed by atoms with Gasteiger partial charge in [0, 0.05) is 18.0 Å². The van der Waals surface area contributed by atoms with Crippen molar-refractivity contribution in [3.8, 4) is 5.69 Å². The van der Waals surface area contributed by atoms with Crippen molar-refractivity contribution >= 4 is 17.6 Å². The SMILES string of the molecule is O=C(Cc1ccon1)Nc1cccc(-n2ccc(C(=O)O)n2)c1. The minimum absolute atomic E-state index is 0.0505. The molecule has 116 valence electrons. The third kappa shape index (κ3) is 3.43. The topological polar surface area (TPSA) is 110 Å². The summed E-state index contributed by atoms with van der Waals surface area (Å²) in [5.41, 5.74) is 1.70. The Kier molecular flexibility index (Phi) is 3.88. The lowest BCUT2D eigenvalue weighted by Gasteiger charge is -2.07. The summed E-state index contributed by atoms with van der Waals surface area (Å²) in [7, 11) is 0. The number of carboxylic acid groups (broad SMARTS) is 1. The fourth-order valence-corrected chi connectivity index (χ4v) is 2.01. The van der Waals surface area contributed by atoms with Gasteiger partial charge in [0.2, 0.25) is 5.91 Å². The first kappa shape index (κ1) is 14.5. The molecular formula is C15H12N4O4. The van der Waals surface area contributed by atoms with Crippen LogP contribution in [0, 0.1) is 0 Å². The van der Waals surface area contributed by atoms with E-state index >= 15 is 0 Å². The molecule has 0 fully saturated rings. The van der Waals surface area contributed by atoms with E-state index in [1.807, 2.05) is 0 Å². The van der Waals surface area contributed by atoms with E-state index in [0.717, 1.165) is 0 Å². The number of benzene rings is 1. The first-order valence-electron chi connectivity index (χ1n) is 6.70. The molecule has 0 bridgehead atoms. The number of aromatic nitrogens is 3. The maximum Gasteiger partial charge on any atom is 0.356 e. The molecule has 1 amide bonds. The van der Waals surface area contributed by atoms with Crippen LogP contribution in [0.5, 0.6) is 0 Å². The van der Waals surface area contributed by atoms with Crippen molar-refractivity contribution in [1.29, 1.82) is 0 Å². The summed E-state index contributed by atoms with van der Waals surface area (Å²) in [5, 5.41) is 19.3. The van der Waals surface area contributed by atoms with Crippen molar-refractivity contribution in [2.75, 3.05) is 5.32 Å². The highest BCUT2D eigenvalue weighted by molar-refractivity contribution is 5.92. The van der Waals surface area contributed by atoms with Crippen LogP contribution in [0.25, 0.3) is 5.69 Å². The lowest BCUT2D eigenvalue weighted by atomic mass is 10.2. The molecular weight excluding hydrogens is 300 g/mol. The summed E-state index contributed by atoms with van der Waals surface area (Å²) in [6, 6.07) is 9.94. The number of nitrogens with one attached hydrogen (secondary N) is 1. The Labute approximate surface area is 130 Å². The number of hydrogen-bond donors (Lipinski definition) is 2. The van der Waals surface area contributed by atoms with Gasteiger partial charge in [-0.2, -0.15) is 5.10 Å². The van der Waals surface area contributed by atoms with Gasteiger partial charge in [0.25, 0.3) is 0 Å². The second-order valence-corrected chi connectivity index (χ2v) is 4.72. The van der Waals surface area contributed by atoms with Gasteiger partial charge in [-0.1, -0.05) is 11.2 Å². The Morgan fingerprint density at radius 2 is 2.13 bits per heavy atom.